The molecule has 2 rings (SSSR count). The molecule has 0 atom stereocenters. The number of benzene rings is 2. The zero-order chi connectivity index (χ0) is 15.1. The zero-order valence-electron chi connectivity index (χ0n) is 11.3. The summed E-state index contributed by atoms with van der Waals surface area (Å²) in [7, 11) is 0. The largest absolute Gasteiger partial charge is 0.485 e. The standard InChI is InChI=1S/C17H14F2O2/c18-15-10-14(8-4-5-9-20)17(16(19)11-15)21-12-13-6-2-1-3-7-13/h1-3,6-7,10-11,20H,5,9,12H2. The van der Waals surface area contributed by atoms with E-state index in [1.54, 1.807) is 0 Å². The lowest BCUT2D eigenvalue weighted by atomic mass is 10.1. The van der Waals surface area contributed by atoms with Gasteiger partial charge in [0.15, 0.2) is 11.6 Å². The minimum Gasteiger partial charge on any atom is -0.485 e. The highest BCUT2D eigenvalue weighted by Crippen LogP contribution is 2.24. The van der Waals surface area contributed by atoms with Gasteiger partial charge in [-0.15, -0.1) is 0 Å². The molecule has 0 fully saturated rings. The molecular weight excluding hydrogens is 274 g/mol. The summed E-state index contributed by atoms with van der Waals surface area (Å²) in [5, 5.41) is 8.69. The molecule has 0 amide bonds. The second kappa shape index (κ2) is 7.41. The van der Waals surface area contributed by atoms with E-state index in [2.05, 4.69) is 11.8 Å². The first kappa shape index (κ1) is 15.0. The highest BCUT2D eigenvalue weighted by Gasteiger charge is 2.11. The smallest absolute Gasteiger partial charge is 0.171 e. The van der Waals surface area contributed by atoms with E-state index in [1.165, 1.54) is 0 Å². The molecule has 0 saturated carbocycles. The number of halogens is 2. The summed E-state index contributed by atoms with van der Waals surface area (Å²) in [6.45, 7) is 0.0586. The van der Waals surface area contributed by atoms with E-state index in [1.807, 2.05) is 30.3 Å². The minimum absolute atomic E-state index is 0.0781. The van der Waals surface area contributed by atoms with Gasteiger partial charge in [-0.05, 0) is 11.6 Å². The van der Waals surface area contributed by atoms with Crippen LogP contribution in [0.25, 0.3) is 0 Å². The number of hydrogen-bond acceptors (Lipinski definition) is 2. The Bertz CT molecular complexity index is 658. The van der Waals surface area contributed by atoms with Crippen LogP contribution in [0.1, 0.15) is 17.5 Å². The third-order valence-corrected chi connectivity index (χ3v) is 2.69. The van der Waals surface area contributed by atoms with Crippen LogP contribution in [0.5, 0.6) is 5.75 Å². The molecule has 0 aliphatic heterocycles. The molecule has 0 radical (unpaired) electrons. The first-order valence-corrected chi connectivity index (χ1v) is 6.46. The number of rotatable bonds is 4. The Morgan fingerprint density at radius 3 is 2.57 bits per heavy atom. The average molecular weight is 288 g/mol. The summed E-state index contributed by atoms with van der Waals surface area (Å²) in [6, 6.07) is 11.1. The Hall–Kier alpha value is -2.38. The van der Waals surface area contributed by atoms with Crippen LogP contribution in [-0.4, -0.2) is 11.7 Å². The molecule has 0 unspecified atom stereocenters. The topological polar surface area (TPSA) is 29.5 Å². The predicted octanol–water partition coefficient (Wildman–Crippen LogP) is 3.28. The maximum absolute atomic E-state index is 13.8. The predicted molar refractivity (Wildman–Crippen MR) is 75.7 cm³/mol. The van der Waals surface area contributed by atoms with Crippen molar-refractivity contribution in [3.8, 4) is 17.6 Å². The molecule has 0 aromatic heterocycles. The van der Waals surface area contributed by atoms with Gasteiger partial charge in [0.25, 0.3) is 0 Å². The summed E-state index contributed by atoms with van der Waals surface area (Å²) in [5.74, 6) is 3.66. The SMILES string of the molecule is OCCC#Cc1cc(F)cc(F)c1OCc1ccccc1. The molecule has 0 bridgehead atoms. The Morgan fingerprint density at radius 1 is 1.10 bits per heavy atom. The van der Waals surface area contributed by atoms with Crippen molar-refractivity contribution in [3.63, 3.8) is 0 Å². The summed E-state index contributed by atoms with van der Waals surface area (Å²) in [4.78, 5) is 0. The van der Waals surface area contributed by atoms with Crippen LogP contribution in [0.2, 0.25) is 0 Å². The van der Waals surface area contributed by atoms with E-state index in [4.69, 9.17) is 9.84 Å². The van der Waals surface area contributed by atoms with Gasteiger partial charge < -0.3 is 9.84 Å². The van der Waals surface area contributed by atoms with Crippen LogP contribution >= 0.6 is 0 Å². The van der Waals surface area contributed by atoms with E-state index < -0.39 is 11.6 Å². The lowest BCUT2D eigenvalue weighted by molar-refractivity contribution is 0.288. The van der Waals surface area contributed by atoms with E-state index in [9.17, 15) is 8.78 Å². The van der Waals surface area contributed by atoms with Crippen molar-refractivity contribution < 1.29 is 18.6 Å². The van der Waals surface area contributed by atoms with Crippen LogP contribution in [0, 0.1) is 23.5 Å². The molecule has 0 spiro atoms. The van der Waals surface area contributed by atoms with Gasteiger partial charge in [-0.1, -0.05) is 42.2 Å². The van der Waals surface area contributed by atoms with Crippen molar-refractivity contribution >= 4 is 0 Å². The third-order valence-electron chi connectivity index (χ3n) is 2.69. The van der Waals surface area contributed by atoms with Crippen LogP contribution < -0.4 is 4.74 Å². The number of aliphatic hydroxyl groups excluding tert-OH is 1. The highest BCUT2D eigenvalue weighted by molar-refractivity contribution is 5.47. The summed E-state index contributed by atoms with van der Waals surface area (Å²) in [6.07, 6.45) is 0.232. The van der Waals surface area contributed by atoms with Crippen molar-refractivity contribution in [1.29, 1.82) is 0 Å². The van der Waals surface area contributed by atoms with Gasteiger partial charge in [0.05, 0.1) is 12.2 Å². The Labute approximate surface area is 122 Å². The minimum atomic E-state index is -0.792. The molecule has 2 aromatic carbocycles. The van der Waals surface area contributed by atoms with Gasteiger partial charge in [0.1, 0.15) is 12.4 Å². The first-order chi connectivity index (χ1) is 10.2. The molecule has 4 heteroatoms. The molecular formula is C17H14F2O2. The van der Waals surface area contributed by atoms with Gasteiger partial charge in [-0.2, -0.15) is 0 Å². The van der Waals surface area contributed by atoms with Crippen molar-refractivity contribution in [2.45, 2.75) is 13.0 Å². The Balaban J connectivity index is 2.23. The second-order valence-corrected chi connectivity index (χ2v) is 4.31. The molecule has 0 saturated heterocycles. The van der Waals surface area contributed by atoms with Crippen molar-refractivity contribution in [1.82, 2.24) is 0 Å². The van der Waals surface area contributed by atoms with E-state index in [0.29, 0.717) is 0 Å². The fourth-order valence-corrected chi connectivity index (χ4v) is 1.74. The maximum atomic E-state index is 13.8. The third kappa shape index (κ3) is 4.30. The highest BCUT2D eigenvalue weighted by atomic mass is 19.1. The van der Waals surface area contributed by atoms with Crippen LogP contribution in [-0.2, 0) is 6.61 Å². The maximum Gasteiger partial charge on any atom is 0.171 e. The zero-order valence-corrected chi connectivity index (χ0v) is 11.3. The van der Waals surface area contributed by atoms with Gasteiger partial charge in [0, 0.05) is 12.5 Å². The lowest BCUT2D eigenvalue weighted by Gasteiger charge is -2.09. The van der Waals surface area contributed by atoms with Gasteiger partial charge in [0.2, 0.25) is 0 Å². The molecule has 0 aliphatic rings. The summed E-state index contributed by atoms with van der Waals surface area (Å²) < 4.78 is 32.5. The van der Waals surface area contributed by atoms with Gasteiger partial charge in [-0.3, -0.25) is 0 Å². The molecule has 21 heavy (non-hydrogen) atoms. The monoisotopic (exact) mass is 288 g/mol. The number of ether oxygens (including phenoxy) is 1. The van der Waals surface area contributed by atoms with E-state index in [-0.39, 0.29) is 30.9 Å². The second-order valence-electron chi connectivity index (χ2n) is 4.31. The van der Waals surface area contributed by atoms with Crippen molar-refractivity contribution in [3.05, 3.63) is 65.2 Å². The summed E-state index contributed by atoms with van der Waals surface area (Å²) in [5.41, 5.74) is 1.01. The summed E-state index contributed by atoms with van der Waals surface area (Å²) >= 11 is 0. The fraction of sp³-hybridized carbons (Fsp3) is 0.176. The quantitative estimate of drug-likeness (QED) is 0.875. The van der Waals surface area contributed by atoms with Crippen LogP contribution in [0.3, 0.4) is 0 Å². The lowest BCUT2D eigenvalue weighted by Crippen LogP contribution is -2.00. The van der Waals surface area contributed by atoms with Crippen molar-refractivity contribution in [2.75, 3.05) is 6.61 Å². The molecule has 1 N–H and O–H groups in total. The average Bonchev–Trinajstić information content (AvgIpc) is 2.47. The van der Waals surface area contributed by atoms with E-state index >= 15 is 0 Å². The van der Waals surface area contributed by atoms with Crippen molar-refractivity contribution in [2.24, 2.45) is 0 Å². The number of aliphatic hydroxyl groups is 1. The Morgan fingerprint density at radius 2 is 1.86 bits per heavy atom. The van der Waals surface area contributed by atoms with Crippen LogP contribution in [0.15, 0.2) is 42.5 Å². The van der Waals surface area contributed by atoms with Crippen LogP contribution in [0.4, 0.5) is 8.78 Å². The Kier molecular flexibility index (Phi) is 5.30. The first-order valence-electron chi connectivity index (χ1n) is 6.46. The molecule has 0 aliphatic carbocycles. The molecule has 0 heterocycles. The van der Waals surface area contributed by atoms with Gasteiger partial charge in [-0.25, -0.2) is 8.78 Å². The van der Waals surface area contributed by atoms with E-state index in [0.717, 1.165) is 17.7 Å². The number of hydrogen-bond donors (Lipinski definition) is 1. The molecule has 2 aromatic rings. The molecule has 108 valence electrons. The fourth-order valence-electron chi connectivity index (χ4n) is 1.74. The molecule has 2 nitrogen and oxygen atoms in total. The van der Waals surface area contributed by atoms with Gasteiger partial charge >= 0.3 is 0 Å². The normalized spacial score (nSPS) is 9.86.